The lowest BCUT2D eigenvalue weighted by Crippen LogP contribution is -2.41. The van der Waals surface area contributed by atoms with Crippen molar-refractivity contribution < 1.29 is 18.9 Å². The molecule has 2 N–H and O–H groups in total. The highest BCUT2D eigenvalue weighted by Crippen LogP contribution is 2.39. The van der Waals surface area contributed by atoms with Gasteiger partial charge in [0.2, 0.25) is 5.75 Å². The van der Waals surface area contributed by atoms with E-state index in [2.05, 4.69) is 15.6 Å². The minimum absolute atomic E-state index is 0.263. The van der Waals surface area contributed by atoms with E-state index in [1.165, 1.54) is 0 Å². The summed E-state index contributed by atoms with van der Waals surface area (Å²) < 4.78 is 21.9. The fraction of sp³-hybridized carbons (Fsp3) is 0.611. The van der Waals surface area contributed by atoms with Crippen LogP contribution in [0.15, 0.2) is 17.1 Å². The van der Waals surface area contributed by atoms with Crippen molar-refractivity contribution in [3.05, 3.63) is 17.7 Å². The Morgan fingerprint density at radius 1 is 1.16 bits per heavy atom. The highest BCUT2D eigenvalue weighted by atomic mass is 16.5. The molecule has 1 atom stereocenters. The molecule has 1 aliphatic rings. The largest absolute Gasteiger partial charge is 0.493 e. The summed E-state index contributed by atoms with van der Waals surface area (Å²) in [4.78, 5) is 4.65. The Balaban J connectivity index is 2.10. The fourth-order valence-electron chi connectivity index (χ4n) is 2.81. The second kappa shape index (κ2) is 9.98. The van der Waals surface area contributed by atoms with Crippen molar-refractivity contribution in [3.63, 3.8) is 0 Å². The lowest BCUT2D eigenvalue weighted by Gasteiger charge is -2.16. The maximum Gasteiger partial charge on any atom is 0.203 e. The van der Waals surface area contributed by atoms with Crippen molar-refractivity contribution >= 4 is 5.96 Å². The summed E-state index contributed by atoms with van der Waals surface area (Å²) in [6.07, 6.45) is 2.48. The van der Waals surface area contributed by atoms with E-state index in [1.807, 2.05) is 19.1 Å². The Morgan fingerprint density at radius 2 is 1.96 bits per heavy atom. The van der Waals surface area contributed by atoms with Gasteiger partial charge in [-0.2, -0.15) is 0 Å². The first kappa shape index (κ1) is 19.2. The number of hydrogen-bond donors (Lipinski definition) is 2. The van der Waals surface area contributed by atoms with Crippen LogP contribution in [0.2, 0.25) is 0 Å². The van der Waals surface area contributed by atoms with Gasteiger partial charge in [-0.15, -0.1) is 0 Å². The number of nitrogens with one attached hydrogen (secondary N) is 2. The number of methoxy groups -OCH3 is 3. The zero-order valence-electron chi connectivity index (χ0n) is 15.6. The van der Waals surface area contributed by atoms with Gasteiger partial charge in [0.15, 0.2) is 17.5 Å². The summed E-state index contributed by atoms with van der Waals surface area (Å²) in [5.41, 5.74) is 0.925. The van der Waals surface area contributed by atoms with Gasteiger partial charge in [0.05, 0.1) is 34.0 Å². The third-order valence-electron chi connectivity index (χ3n) is 4.06. The van der Waals surface area contributed by atoms with Gasteiger partial charge in [-0.05, 0) is 31.9 Å². The van der Waals surface area contributed by atoms with Gasteiger partial charge in [0.1, 0.15) is 0 Å². The van der Waals surface area contributed by atoms with E-state index in [1.54, 1.807) is 21.3 Å². The van der Waals surface area contributed by atoms with Gasteiger partial charge in [0.25, 0.3) is 0 Å². The molecular formula is C18H29N3O4. The molecule has 2 rings (SSSR count). The van der Waals surface area contributed by atoms with Crippen molar-refractivity contribution in [2.24, 2.45) is 4.99 Å². The number of ether oxygens (including phenoxy) is 4. The van der Waals surface area contributed by atoms with Crippen LogP contribution in [0.1, 0.15) is 25.3 Å². The molecule has 1 aliphatic heterocycles. The minimum atomic E-state index is 0.263. The molecule has 0 aromatic heterocycles. The smallest absolute Gasteiger partial charge is 0.203 e. The van der Waals surface area contributed by atoms with E-state index in [4.69, 9.17) is 18.9 Å². The zero-order valence-corrected chi connectivity index (χ0v) is 15.6. The third kappa shape index (κ3) is 5.16. The Morgan fingerprint density at radius 3 is 2.56 bits per heavy atom. The zero-order chi connectivity index (χ0) is 18.1. The van der Waals surface area contributed by atoms with Crippen LogP contribution in [0.5, 0.6) is 17.2 Å². The van der Waals surface area contributed by atoms with Crippen molar-refractivity contribution in [2.45, 2.75) is 32.4 Å². The summed E-state index contributed by atoms with van der Waals surface area (Å²) in [7, 11) is 4.82. The molecule has 25 heavy (non-hydrogen) atoms. The standard InChI is InChI=1S/C18H29N3O4/c1-5-19-18(21-12-14-7-6-10-25-14)20-11-13-8-9-15(22-2)17(24-4)16(13)23-3/h8-9,14H,5-7,10-12H2,1-4H3,(H2,19,20,21). The van der Waals surface area contributed by atoms with Gasteiger partial charge in [-0.1, -0.05) is 0 Å². The molecule has 1 saturated heterocycles. The number of aliphatic imine (C=N–C) groups is 1. The molecule has 1 unspecified atom stereocenters. The van der Waals surface area contributed by atoms with Gasteiger partial charge in [-0.25, -0.2) is 4.99 Å². The molecule has 1 aromatic rings. The number of hydrogen-bond acceptors (Lipinski definition) is 5. The second-order valence-electron chi connectivity index (χ2n) is 5.70. The predicted octanol–water partition coefficient (Wildman–Crippen LogP) is 1.95. The first-order valence-corrected chi connectivity index (χ1v) is 8.65. The summed E-state index contributed by atoms with van der Waals surface area (Å²) >= 11 is 0. The van der Waals surface area contributed by atoms with E-state index >= 15 is 0 Å². The maximum atomic E-state index is 5.64. The van der Waals surface area contributed by atoms with Gasteiger partial charge < -0.3 is 29.6 Å². The highest BCUT2D eigenvalue weighted by molar-refractivity contribution is 5.79. The Labute approximate surface area is 149 Å². The maximum absolute atomic E-state index is 5.64. The fourth-order valence-corrected chi connectivity index (χ4v) is 2.81. The second-order valence-corrected chi connectivity index (χ2v) is 5.70. The predicted molar refractivity (Wildman–Crippen MR) is 97.9 cm³/mol. The van der Waals surface area contributed by atoms with Gasteiger partial charge in [-0.3, -0.25) is 0 Å². The Hall–Kier alpha value is -2.15. The molecule has 7 nitrogen and oxygen atoms in total. The number of rotatable bonds is 8. The van der Waals surface area contributed by atoms with Crippen molar-refractivity contribution in [3.8, 4) is 17.2 Å². The lowest BCUT2D eigenvalue weighted by atomic mass is 10.1. The van der Waals surface area contributed by atoms with Crippen LogP contribution >= 0.6 is 0 Å². The molecule has 0 spiro atoms. The normalized spacial score (nSPS) is 17.3. The molecule has 1 aromatic carbocycles. The van der Waals surface area contributed by atoms with E-state index in [-0.39, 0.29) is 6.10 Å². The quantitative estimate of drug-likeness (QED) is 0.551. The molecule has 0 saturated carbocycles. The highest BCUT2D eigenvalue weighted by Gasteiger charge is 2.17. The van der Waals surface area contributed by atoms with Crippen LogP contribution < -0.4 is 24.8 Å². The van der Waals surface area contributed by atoms with Crippen LogP contribution in [-0.4, -0.2) is 53.1 Å². The SMILES string of the molecule is CCNC(=NCc1ccc(OC)c(OC)c1OC)NCC1CCCO1. The number of benzene rings is 1. The molecule has 1 heterocycles. The number of guanidine groups is 1. The van der Waals surface area contributed by atoms with Crippen molar-refractivity contribution in [1.29, 1.82) is 0 Å². The van der Waals surface area contributed by atoms with Gasteiger partial charge in [0, 0.05) is 25.3 Å². The molecule has 7 heteroatoms. The summed E-state index contributed by atoms with van der Waals surface area (Å²) in [6.45, 7) is 4.91. The van der Waals surface area contributed by atoms with Crippen molar-refractivity contribution in [2.75, 3.05) is 41.0 Å². The minimum Gasteiger partial charge on any atom is -0.493 e. The van der Waals surface area contributed by atoms with Crippen LogP contribution in [-0.2, 0) is 11.3 Å². The summed E-state index contributed by atoms with van der Waals surface area (Å²) in [5, 5.41) is 6.59. The lowest BCUT2D eigenvalue weighted by molar-refractivity contribution is 0.114. The number of nitrogens with zero attached hydrogens (tertiary/aromatic N) is 1. The van der Waals surface area contributed by atoms with E-state index in [9.17, 15) is 0 Å². The monoisotopic (exact) mass is 351 g/mol. The van der Waals surface area contributed by atoms with Crippen molar-refractivity contribution in [1.82, 2.24) is 10.6 Å². The van der Waals surface area contributed by atoms with Crippen LogP contribution in [0.4, 0.5) is 0 Å². The third-order valence-corrected chi connectivity index (χ3v) is 4.06. The summed E-state index contributed by atoms with van der Waals surface area (Å²) in [5.74, 6) is 2.61. The molecular weight excluding hydrogens is 322 g/mol. The molecule has 0 aliphatic carbocycles. The molecule has 0 bridgehead atoms. The van der Waals surface area contributed by atoms with E-state index in [0.29, 0.717) is 23.8 Å². The van der Waals surface area contributed by atoms with Gasteiger partial charge >= 0.3 is 0 Å². The van der Waals surface area contributed by atoms with E-state index in [0.717, 1.165) is 44.1 Å². The van der Waals surface area contributed by atoms with Crippen LogP contribution in [0.25, 0.3) is 0 Å². The Kier molecular flexibility index (Phi) is 7.66. The molecule has 0 amide bonds. The summed E-state index contributed by atoms with van der Waals surface area (Å²) in [6, 6.07) is 3.80. The molecule has 0 radical (unpaired) electrons. The average Bonchev–Trinajstić information content (AvgIpc) is 3.16. The van der Waals surface area contributed by atoms with Crippen LogP contribution in [0, 0.1) is 0 Å². The average molecular weight is 351 g/mol. The Bertz CT molecular complexity index is 572. The topological polar surface area (TPSA) is 73.3 Å². The first-order valence-electron chi connectivity index (χ1n) is 8.65. The molecule has 1 fully saturated rings. The first-order chi connectivity index (χ1) is 12.2. The van der Waals surface area contributed by atoms with Crippen LogP contribution in [0.3, 0.4) is 0 Å². The molecule has 140 valence electrons. The van der Waals surface area contributed by atoms with E-state index < -0.39 is 0 Å².